The molecule has 0 amide bonds. The van der Waals surface area contributed by atoms with E-state index in [1.807, 2.05) is 0 Å². The van der Waals surface area contributed by atoms with Gasteiger partial charge in [0.25, 0.3) is 0 Å². The molecule has 0 radical (unpaired) electrons. The number of fused-ring (bicyclic) bond motifs is 6. The van der Waals surface area contributed by atoms with Gasteiger partial charge in [-0.2, -0.15) is 0 Å². The van der Waals surface area contributed by atoms with Gasteiger partial charge in [0.2, 0.25) is 0 Å². The van der Waals surface area contributed by atoms with Crippen molar-refractivity contribution in [3.8, 4) is 61.3 Å². The van der Waals surface area contributed by atoms with Crippen molar-refractivity contribution in [2.45, 2.75) is 5.41 Å². The van der Waals surface area contributed by atoms with Crippen molar-refractivity contribution in [3.63, 3.8) is 0 Å². The number of aromatic nitrogens is 1. The SMILES string of the molecule is c1ccc(-c2ccccc2-c2c(-c3ccccc3)cccc2N(c2ccc(-c3cccc4c3c3ccccc3n4-c3ccccc3)cc2)c2cccc3c2-c2ccccc2C3(c2ccccc2)c2ccccc2)cc1. The third kappa shape index (κ3) is 7.10. The predicted molar refractivity (Wildman–Crippen MR) is 315 cm³/mol. The van der Waals surface area contributed by atoms with Crippen LogP contribution in [0.3, 0.4) is 0 Å². The Labute approximate surface area is 438 Å². The van der Waals surface area contributed by atoms with Crippen molar-refractivity contribution in [1.29, 1.82) is 0 Å². The number of benzene rings is 12. The summed E-state index contributed by atoms with van der Waals surface area (Å²) >= 11 is 0. The Morgan fingerprint density at radius 3 is 1.41 bits per heavy atom. The highest BCUT2D eigenvalue weighted by atomic mass is 15.1. The van der Waals surface area contributed by atoms with Crippen LogP contribution in [0.25, 0.3) is 83.1 Å². The normalized spacial score (nSPS) is 12.4. The van der Waals surface area contributed by atoms with Crippen LogP contribution in [0.5, 0.6) is 0 Å². The summed E-state index contributed by atoms with van der Waals surface area (Å²) in [4.78, 5) is 2.55. The number of para-hydroxylation sites is 2. The average Bonchev–Trinajstić information content (AvgIpc) is 4.15. The second-order valence-electron chi connectivity index (χ2n) is 19.5. The Balaban J connectivity index is 1.06. The first-order valence-corrected chi connectivity index (χ1v) is 25.9. The zero-order valence-corrected chi connectivity index (χ0v) is 41.3. The summed E-state index contributed by atoms with van der Waals surface area (Å²) in [6, 6.07) is 111. The molecule has 2 nitrogen and oxygen atoms in total. The van der Waals surface area contributed by atoms with Crippen LogP contribution in [0.4, 0.5) is 17.1 Å². The van der Waals surface area contributed by atoms with Gasteiger partial charge in [-0.1, -0.05) is 255 Å². The van der Waals surface area contributed by atoms with E-state index in [1.54, 1.807) is 0 Å². The van der Waals surface area contributed by atoms with Crippen LogP contribution >= 0.6 is 0 Å². The van der Waals surface area contributed by atoms with Crippen molar-refractivity contribution >= 4 is 38.9 Å². The van der Waals surface area contributed by atoms with E-state index in [-0.39, 0.29) is 0 Å². The zero-order valence-electron chi connectivity index (χ0n) is 41.3. The summed E-state index contributed by atoms with van der Waals surface area (Å²) in [7, 11) is 0. The van der Waals surface area contributed by atoms with Gasteiger partial charge in [-0.15, -0.1) is 0 Å². The maximum atomic E-state index is 2.55. The lowest BCUT2D eigenvalue weighted by Gasteiger charge is -2.35. The first-order valence-electron chi connectivity index (χ1n) is 25.9. The van der Waals surface area contributed by atoms with Crippen LogP contribution < -0.4 is 4.90 Å². The third-order valence-electron chi connectivity index (χ3n) is 15.5. The van der Waals surface area contributed by atoms with Gasteiger partial charge in [-0.3, -0.25) is 0 Å². The van der Waals surface area contributed by atoms with Gasteiger partial charge in [0, 0.05) is 33.3 Å². The van der Waals surface area contributed by atoms with Gasteiger partial charge in [0.05, 0.1) is 27.8 Å². The maximum Gasteiger partial charge on any atom is 0.0714 e. The predicted octanol–water partition coefficient (Wildman–Crippen LogP) is 19.3. The van der Waals surface area contributed by atoms with Crippen LogP contribution in [0.15, 0.2) is 303 Å². The largest absolute Gasteiger partial charge is 0.309 e. The summed E-state index contributed by atoms with van der Waals surface area (Å²) in [5.41, 5.74) is 23.0. The highest BCUT2D eigenvalue weighted by molar-refractivity contribution is 6.16. The lowest BCUT2D eigenvalue weighted by molar-refractivity contribution is 0.768. The minimum Gasteiger partial charge on any atom is -0.309 e. The average molecular weight is 955 g/mol. The molecule has 13 aromatic rings. The van der Waals surface area contributed by atoms with Crippen molar-refractivity contribution < 1.29 is 0 Å². The summed E-state index contributed by atoms with van der Waals surface area (Å²) in [5.74, 6) is 0. The molecule has 0 bridgehead atoms. The molecule has 0 saturated carbocycles. The fraction of sp³-hybridized carbons (Fsp3) is 0.0137. The van der Waals surface area contributed by atoms with Crippen LogP contribution in [-0.2, 0) is 5.41 Å². The Bertz CT molecular complexity index is 4160. The second-order valence-corrected chi connectivity index (χ2v) is 19.5. The minimum absolute atomic E-state index is 0.577. The van der Waals surface area contributed by atoms with E-state index in [0.29, 0.717) is 0 Å². The van der Waals surface area contributed by atoms with E-state index in [2.05, 4.69) is 313 Å². The van der Waals surface area contributed by atoms with Gasteiger partial charge >= 0.3 is 0 Å². The van der Waals surface area contributed by atoms with Gasteiger partial charge in [-0.05, 0) is 115 Å². The summed E-state index contributed by atoms with van der Waals surface area (Å²) < 4.78 is 2.40. The number of hydrogen-bond acceptors (Lipinski definition) is 1. The topological polar surface area (TPSA) is 8.17 Å². The van der Waals surface area contributed by atoms with E-state index >= 15 is 0 Å². The van der Waals surface area contributed by atoms with Gasteiger partial charge in [0.15, 0.2) is 0 Å². The first kappa shape index (κ1) is 44.0. The summed E-state index contributed by atoms with van der Waals surface area (Å²) in [6.45, 7) is 0. The van der Waals surface area contributed by atoms with E-state index in [9.17, 15) is 0 Å². The fourth-order valence-electron chi connectivity index (χ4n) is 12.4. The van der Waals surface area contributed by atoms with Crippen molar-refractivity contribution in [2.24, 2.45) is 0 Å². The molecular formula is C73H50N2. The molecule has 1 heterocycles. The molecule has 352 valence electrons. The van der Waals surface area contributed by atoms with E-state index in [4.69, 9.17) is 0 Å². The minimum atomic E-state index is -0.577. The highest BCUT2D eigenvalue weighted by Crippen LogP contribution is 2.60. The number of anilines is 3. The monoisotopic (exact) mass is 954 g/mol. The molecule has 0 atom stereocenters. The van der Waals surface area contributed by atoms with E-state index in [1.165, 1.54) is 71.9 Å². The molecule has 0 saturated heterocycles. The number of rotatable bonds is 10. The van der Waals surface area contributed by atoms with Crippen molar-refractivity contribution in [2.75, 3.05) is 4.90 Å². The Kier molecular flexibility index (Phi) is 10.8. The summed E-state index contributed by atoms with van der Waals surface area (Å²) in [5, 5.41) is 2.48. The standard InChI is InChI=1S/C73H50N2/c1-6-25-51(26-7-1)58-35-16-17-36-61(58)70-59(52-27-8-2-9-28-52)39-22-44-67(70)75(57-49-47-53(48-50-57)60-40-23-45-68-71(60)63-38-19-21-43-66(63)74(68)56-33-14-5-15-34-56)69-46-24-42-65-72(69)62-37-18-20-41-64(62)73(65,54-29-10-3-11-30-54)55-31-12-4-13-32-55/h1-50H. The molecule has 2 heteroatoms. The van der Waals surface area contributed by atoms with E-state index in [0.717, 1.165) is 50.6 Å². The molecule has 1 aliphatic carbocycles. The van der Waals surface area contributed by atoms with E-state index < -0.39 is 5.41 Å². The Morgan fingerprint density at radius 2 is 0.733 bits per heavy atom. The molecule has 1 aromatic heterocycles. The molecular weight excluding hydrogens is 905 g/mol. The zero-order chi connectivity index (χ0) is 49.7. The van der Waals surface area contributed by atoms with Crippen LogP contribution in [-0.4, -0.2) is 4.57 Å². The van der Waals surface area contributed by atoms with Gasteiger partial charge in [0.1, 0.15) is 0 Å². The lowest BCUT2D eigenvalue weighted by atomic mass is 9.68. The number of hydrogen-bond donors (Lipinski definition) is 0. The van der Waals surface area contributed by atoms with Gasteiger partial charge in [-0.25, -0.2) is 0 Å². The fourth-order valence-corrected chi connectivity index (χ4v) is 12.4. The summed E-state index contributed by atoms with van der Waals surface area (Å²) in [6.07, 6.45) is 0. The van der Waals surface area contributed by atoms with Crippen molar-refractivity contribution in [3.05, 3.63) is 326 Å². The molecule has 0 N–H and O–H groups in total. The molecule has 0 aliphatic heterocycles. The smallest absolute Gasteiger partial charge is 0.0714 e. The third-order valence-corrected chi connectivity index (χ3v) is 15.5. The van der Waals surface area contributed by atoms with Crippen LogP contribution in [0, 0.1) is 0 Å². The first-order chi connectivity index (χ1) is 37.3. The Hall–Kier alpha value is -9.76. The molecule has 75 heavy (non-hydrogen) atoms. The quantitative estimate of drug-likeness (QED) is 0.133. The molecule has 0 spiro atoms. The lowest BCUT2D eigenvalue weighted by Crippen LogP contribution is -2.28. The van der Waals surface area contributed by atoms with Crippen LogP contribution in [0.1, 0.15) is 22.3 Å². The van der Waals surface area contributed by atoms with Gasteiger partial charge < -0.3 is 9.47 Å². The second kappa shape index (κ2) is 18.4. The molecule has 14 rings (SSSR count). The molecule has 1 aliphatic rings. The van der Waals surface area contributed by atoms with Crippen LogP contribution in [0.2, 0.25) is 0 Å². The highest BCUT2D eigenvalue weighted by Gasteiger charge is 2.47. The molecule has 0 unspecified atom stereocenters. The maximum absolute atomic E-state index is 2.55. The Morgan fingerprint density at radius 1 is 0.280 bits per heavy atom. The molecule has 0 fully saturated rings. The van der Waals surface area contributed by atoms with Crippen molar-refractivity contribution in [1.82, 2.24) is 4.57 Å². The number of nitrogens with zero attached hydrogens (tertiary/aromatic N) is 2. The molecule has 12 aromatic carbocycles.